The predicted octanol–water partition coefficient (Wildman–Crippen LogP) is 1.69. The first-order valence-corrected chi connectivity index (χ1v) is 7.53. The zero-order valence-corrected chi connectivity index (χ0v) is 13.1. The average Bonchev–Trinajstić information content (AvgIpc) is 2.44. The molecule has 1 aliphatic heterocycles. The fourth-order valence-electron chi connectivity index (χ4n) is 2.33. The molecule has 1 heterocycles. The predicted molar refractivity (Wildman–Crippen MR) is 83.6 cm³/mol. The van der Waals surface area contributed by atoms with Crippen molar-refractivity contribution < 1.29 is 4.74 Å². The van der Waals surface area contributed by atoms with E-state index < -0.39 is 0 Å². The molecule has 0 amide bonds. The van der Waals surface area contributed by atoms with Crippen LogP contribution in [-0.2, 0) is 6.54 Å². The summed E-state index contributed by atoms with van der Waals surface area (Å²) in [7, 11) is 4.09. The summed E-state index contributed by atoms with van der Waals surface area (Å²) in [6, 6.07) is 5.97. The second kappa shape index (κ2) is 7.84. The van der Waals surface area contributed by atoms with Gasteiger partial charge in [0.05, 0.1) is 5.02 Å². The number of benzene rings is 1. The van der Waals surface area contributed by atoms with Gasteiger partial charge in [0.25, 0.3) is 0 Å². The zero-order valence-electron chi connectivity index (χ0n) is 12.4. The van der Waals surface area contributed by atoms with Gasteiger partial charge >= 0.3 is 0 Å². The lowest BCUT2D eigenvalue weighted by molar-refractivity contribution is 0.134. The van der Waals surface area contributed by atoms with Crippen LogP contribution in [0.15, 0.2) is 18.2 Å². The monoisotopic (exact) mass is 297 g/mol. The van der Waals surface area contributed by atoms with Gasteiger partial charge in [-0.3, -0.25) is 4.90 Å². The van der Waals surface area contributed by atoms with Crippen LogP contribution in [0.5, 0.6) is 5.75 Å². The molecule has 2 rings (SSSR count). The number of rotatable bonds is 6. The molecule has 20 heavy (non-hydrogen) atoms. The Balaban J connectivity index is 1.76. The van der Waals surface area contributed by atoms with Crippen molar-refractivity contribution in [3.63, 3.8) is 0 Å². The molecule has 1 aromatic rings. The van der Waals surface area contributed by atoms with Crippen molar-refractivity contribution in [3.8, 4) is 5.75 Å². The van der Waals surface area contributed by atoms with Crippen LogP contribution >= 0.6 is 11.6 Å². The number of halogens is 1. The average molecular weight is 298 g/mol. The molecular formula is C15H24ClN3O. The number of piperazine rings is 1. The van der Waals surface area contributed by atoms with Gasteiger partial charge in [0, 0.05) is 39.3 Å². The van der Waals surface area contributed by atoms with Gasteiger partial charge in [-0.05, 0) is 31.8 Å². The van der Waals surface area contributed by atoms with Crippen LogP contribution in [0.4, 0.5) is 0 Å². The molecular weight excluding hydrogens is 274 g/mol. The number of hydrogen-bond acceptors (Lipinski definition) is 4. The summed E-state index contributed by atoms with van der Waals surface area (Å²) in [6.07, 6.45) is 0. The minimum Gasteiger partial charge on any atom is -0.491 e. The lowest BCUT2D eigenvalue weighted by Gasteiger charge is -2.32. The lowest BCUT2D eigenvalue weighted by atomic mass is 10.2. The first-order valence-electron chi connectivity index (χ1n) is 7.16. The van der Waals surface area contributed by atoms with Gasteiger partial charge < -0.3 is 15.0 Å². The summed E-state index contributed by atoms with van der Waals surface area (Å²) in [5.41, 5.74) is 1.17. The maximum absolute atomic E-state index is 6.23. The van der Waals surface area contributed by atoms with Gasteiger partial charge in [-0.15, -0.1) is 0 Å². The van der Waals surface area contributed by atoms with E-state index in [-0.39, 0.29) is 0 Å². The standard InChI is InChI=1S/C15H24ClN3O/c1-17-12-13-3-4-15(14(16)11-13)20-10-9-19-7-5-18(2)6-8-19/h3-4,11,17H,5-10,12H2,1-2H3. The van der Waals surface area contributed by atoms with Gasteiger partial charge in [0.2, 0.25) is 0 Å². The number of nitrogens with one attached hydrogen (secondary N) is 1. The molecule has 0 aliphatic carbocycles. The van der Waals surface area contributed by atoms with Gasteiger partial charge in [-0.2, -0.15) is 0 Å². The van der Waals surface area contributed by atoms with Gasteiger partial charge in [-0.1, -0.05) is 17.7 Å². The van der Waals surface area contributed by atoms with Crippen LogP contribution < -0.4 is 10.1 Å². The SMILES string of the molecule is CNCc1ccc(OCCN2CCN(C)CC2)c(Cl)c1. The van der Waals surface area contributed by atoms with E-state index in [4.69, 9.17) is 16.3 Å². The fraction of sp³-hybridized carbons (Fsp3) is 0.600. The topological polar surface area (TPSA) is 27.7 Å². The van der Waals surface area contributed by atoms with Crippen LogP contribution in [0.25, 0.3) is 0 Å². The highest BCUT2D eigenvalue weighted by Gasteiger charge is 2.13. The molecule has 0 radical (unpaired) electrons. The molecule has 0 aromatic heterocycles. The first kappa shape index (κ1) is 15.6. The minimum atomic E-state index is 0.689. The first-order chi connectivity index (χ1) is 9.69. The highest BCUT2D eigenvalue weighted by molar-refractivity contribution is 6.32. The molecule has 1 N–H and O–H groups in total. The second-order valence-corrected chi connectivity index (χ2v) is 5.70. The molecule has 1 aliphatic rings. The number of hydrogen-bond donors (Lipinski definition) is 1. The van der Waals surface area contributed by atoms with Crippen LogP contribution in [0.1, 0.15) is 5.56 Å². The highest BCUT2D eigenvalue weighted by atomic mass is 35.5. The molecule has 0 bridgehead atoms. The summed E-state index contributed by atoms with van der Waals surface area (Å²) < 4.78 is 5.79. The number of likely N-dealkylation sites (N-methyl/N-ethyl adjacent to an activating group) is 1. The van der Waals surface area contributed by atoms with Crippen LogP contribution in [0.2, 0.25) is 5.02 Å². The maximum atomic E-state index is 6.23. The van der Waals surface area contributed by atoms with Crippen molar-refractivity contribution in [3.05, 3.63) is 28.8 Å². The summed E-state index contributed by atoms with van der Waals surface area (Å²) in [5, 5.41) is 3.80. The van der Waals surface area contributed by atoms with Gasteiger partial charge in [-0.25, -0.2) is 0 Å². The molecule has 0 saturated carbocycles. The molecule has 4 nitrogen and oxygen atoms in total. The summed E-state index contributed by atoms with van der Waals surface area (Å²) in [6.45, 7) is 6.99. The van der Waals surface area contributed by atoms with Gasteiger partial charge in [0.15, 0.2) is 0 Å². The van der Waals surface area contributed by atoms with Crippen molar-refractivity contribution >= 4 is 11.6 Å². The third-order valence-electron chi connectivity index (χ3n) is 3.64. The quantitative estimate of drug-likeness (QED) is 0.865. The van der Waals surface area contributed by atoms with E-state index in [0.29, 0.717) is 11.6 Å². The molecule has 5 heteroatoms. The Labute approximate surface area is 126 Å². The van der Waals surface area contributed by atoms with Crippen LogP contribution in [-0.4, -0.2) is 63.2 Å². The maximum Gasteiger partial charge on any atom is 0.137 e. The Kier molecular flexibility index (Phi) is 6.10. The number of ether oxygens (including phenoxy) is 1. The van der Waals surface area contributed by atoms with E-state index in [1.54, 1.807) is 0 Å². The summed E-state index contributed by atoms with van der Waals surface area (Å²) >= 11 is 6.23. The third kappa shape index (κ3) is 4.63. The van der Waals surface area contributed by atoms with E-state index >= 15 is 0 Å². The van der Waals surface area contributed by atoms with E-state index in [1.807, 2.05) is 25.2 Å². The van der Waals surface area contributed by atoms with Crippen molar-refractivity contribution in [2.75, 3.05) is 53.4 Å². The van der Waals surface area contributed by atoms with E-state index in [9.17, 15) is 0 Å². The third-order valence-corrected chi connectivity index (χ3v) is 3.93. The minimum absolute atomic E-state index is 0.689. The fourth-order valence-corrected chi connectivity index (χ4v) is 2.59. The van der Waals surface area contributed by atoms with E-state index in [0.717, 1.165) is 45.0 Å². The molecule has 112 valence electrons. The molecule has 1 saturated heterocycles. The van der Waals surface area contributed by atoms with Crippen LogP contribution in [0, 0.1) is 0 Å². The highest BCUT2D eigenvalue weighted by Crippen LogP contribution is 2.25. The normalized spacial score (nSPS) is 17.4. The van der Waals surface area contributed by atoms with Crippen molar-refractivity contribution in [2.24, 2.45) is 0 Å². The lowest BCUT2D eigenvalue weighted by Crippen LogP contribution is -2.45. The molecule has 1 aromatic carbocycles. The number of nitrogens with zero attached hydrogens (tertiary/aromatic N) is 2. The Morgan fingerprint density at radius 2 is 2.00 bits per heavy atom. The second-order valence-electron chi connectivity index (χ2n) is 5.29. The van der Waals surface area contributed by atoms with Gasteiger partial charge in [0.1, 0.15) is 12.4 Å². The van der Waals surface area contributed by atoms with E-state index in [1.165, 1.54) is 5.56 Å². The van der Waals surface area contributed by atoms with Crippen molar-refractivity contribution in [1.82, 2.24) is 15.1 Å². The Morgan fingerprint density at radius 3 is 2.65 bits per heavy atom. The molecule has 0 spiro atoms. The molecule has 0 atom stereocenters. The smallest absolute Gasteiger partial charge is 0.137 e. The van der Waals surface area contributed by atoms with Crippen molar-refractivity contribution in [2.45, 2.75) is 6.54 Å². The largest absolute Gasteiger partial charge is 0.491 e. The molecule has 1 fully saturated rings. The summed E-state index contributed by atoms with van der Waals surface area (Å²) in [4.78, 5) is 4.79. The Bertz CT molecular complexity index is 420. The van der Waals surface area contributed by atoms with E-state index in [2.05, 4.69) is 22.2 Å². The van der Waals surface area contributed by atoms with Crippen LogP contribution in [0.3, 0.4) is 0 Å². The summed E-state index contributed by atoms with van der Waals surface area (Å²) in [5.74, 6) is 0.778. The Morgan fingerprint density at radius 1 is 1.25 bits per heavy atom. The molecule has 0 unspecified atom stereocenters. The Hall–Kier alpha value is -0.810. The van der Waals surface area contributed by atoms with Crippen molar-refractivity contribution in [1.29, 1.82) is 0 Å². The zero-order chi connectivity index (χ0) is 14.4.